The number of allylic oxidation sites excluding steroid dienone is 1. The van der Waals surface area contributed by atoms with Crippen LogP contribution < -0.4 is 0 Å². The van der Waals surface area contributed by atoms with Crippen LogP contribution in [0.25, 0.3) is 6.08 Å². The van der Waals surface area contributed by atoms with Crippen molar-refractivity contribution in [2.45, 2.75) is 13.3 Å². The number of hydrogen-bond donors (Lipinski definition) is 1. The van der Waals surface area contributed by atoms with Crippen LogP contribution in [0.5, 0.6) is 0 Å². The third kappa shape index (κ3) is 4.11. The first kappa shape index (κ1) is 12.8. The average Bonchev–Trinajstić information content (AvgIpc) is 2.30. The van der Waals surface area contributed by atoms with Crippen molar-refractivity contribution in [2.24, 2.45) is 0 Å². The molecule has 1 aromatic rings. The molecule has 0 aromatic heterocycles. The largest absolute Gasteiger partial charge is 0.462 e. The van der Waals surface area contributed by atoms with Gasteiger partial charge in [-0.15, -0.1) is 0 Å². The van der Waals surface area contributed by atoms with Crippen LogP contribution in [0.4, 0.5) is 0 Å². The van der Waals surface area contributed by atoms with E-state index < -0.39 is 0 Å². The van der Waals surface area contributed by atoms with Crippen molar-refractivity contribution >= 4 is 24.7 Å². The molecule has 1 aromatic carbocycles. The number of rotatable bonds is 5. The summed E-state index contributed by atoms with van der Waals surface area (Å²) in [6.07, 6.45) is 5.03. The molecule has 0 saturated carbocycles. The van der Waals surface area contributed by atoms with E-state index in [0.29, 0.717) is 12.2 Å². The van der Waals surface area contributed by atoms with Gasteiger partial charge in [0, 0.05) is 0 Å². The van der Waals surface area contributed by atoms with Crippen LogP contribution >= 0.6 is 12.6 Å². The van der Waals surface area contributed by atoms with Gasteiger partial charge in [-0.25, -0.2) is 4.79 Å². The normalized spacial score (nSPS) is 10.6. The summed E-state index contributed by atoms with van der Waals surface area (Å²) in [5.41, 5.74) is 1.67. The van der Waals surface area contributed by atoms with E-state index in [4.69, 9.17) is 4.74 Å². The molecule has 0 aliphatic carbocycles. The van der Waals surface area contributed by atoms with Gasteiger partial charge in [0.05, 0.1) is 12.2 Å². The molecule has 0 spiro atoms. The van der Waals surface area contributed by atoms with Gasteiger partial charge < -0.3 is 4.74 Å². The summed E-state index contributed by atoms with van der Waals surface area (Å²) in [5.74, 6) is 0.575. The molecule has 0 heterocycles. The minimum absolute atomic E-state index is 0.270. The highest BCUT2D eigenvalue weighted by Gasteiger charge is 2.04. The molecule has 0 aliphatic rings. The number of hydrogen-bond acceptors (Lipinski definition) is 3. The van der Waals surface area contributed by atoms with E-state index in [-0.39, 0.29) is 5.97 Å². The predicted octanol–water partition coefficient (Wildman–Crippen LogP) is 3.20. The fourth-order valence-electron chi connectivity index (χ4n) is 1.24. The summed E-state index contributed by atoms with van der Waals surface area (Å²) < 4.78 is 4.90. The lowest BCUT2D eigenvalue weighted by atomic mass is 10.1. The van der Waals surface area contributed by atoms with E-state index in [2.05, 4.69) is 18.7 Å². The standard InChI is InChI=1S/C13H16O2S/c1-2-15-13(14)12-8-6-11(7-9-12)5-3-4-10-16/h3,5-9,16H,2,4,10H2,1H3. The molecule has 16 heavy (non-hydrogen) atoms. The van der Waals surface area contributed by atoms with Crippen LogP contribution in [0, 0.1) is 0 Å². The highest BCUT2D eigenvalue weighted by molar-refractivity contribution is 7.80. The van der Waals surface area contributed by atoms with Crippen molar-refractivity contribution in [2.75, 3.05) is 12.4 Å². The molecular weight excluding hydrogens is 220 g/mol. The van der Waals surface area contributed by atoms with E-state index in [1.54, 1.807) is 19.1 Å². The first-order valence-corrected chi connectivity index (χ1v) is 5.95. The zero-order valence-electron chi connectivity index (χ0n) is 9.35. The summed E-state index contributed by atoms with van der Waals surface area (Å²) in [6, 6.07) is 7.36. The van der Waals surface area contributed by atoms with Crippen molar-refractivity contribution in [3.05, 3.63) is 41.5 Å². The van der Waals surface area contributed by atoms with Crippen molar-refractivity contribution in [3.63, 3.8) is 0 Å². The Hall–Kier alpha value is -1.22. The van der Waals surface area contributed by atoms with Gasteiger partial charge in [-0.1, -0.05) is 24.3 Å². The fraction of sp³-hybridized carbons (Fsp3) is 0.308. The minimum atomic E-state index is -0.270. The molecule has 0 saturated heterocycles. The molecule has 0 unspecified atom stereocenters. The second-order valence-electron chi connectivity index (χ2n) is 3.26. The molecule has 86 valence electrons. The van der Waals surface area contributed by atoms with Crippen molar-refractivity contribution in [3.8, 4) is 0 Å². The average molecular weight is 236 g/mol. The Balaban J connectivity index is 2.64. The third-order valence-corrected chi connectivity index (χ3v) is 2.29. The maximum absolute atomic E-state index is 11.4. The van der Waals surface area contributed by atoms with Gasteiger partial charge in [-0.2, -0.15) is 12.6 Å². The molecule has 0 atom stereocenters. The predicted molar refractivity (Wildman–Crippen MR) is 69.9 cm³/mol. The molecule has 0 radical (unpaired) electrons. The number of benzene rings is 1. The Bertz CT molecular complexity index is 355. The topological polar surface area (TPSA) is 26.3 Å². The second kappa shape index (κ2) is 7.12. The molecule has 0 fully saturated rings. The van der Waals surface area contributed by atoms with Gasteiger partial charge >= 0.3 is 5.97 Å². The Labute approximate surface area is 102 Å². The summed E-state index contributed by atoms with van der Waals surface area (Å²) in [4.78, 5) is 11.4. The third-order valence-electron chi connectivity index (χ3n) is 2.03. The SMILES string of the molecule is CCOC(=O)c1ccc(C=CCCS)cc1. The monoisotopic (exact) mass is 236 g/mol. The lowest BCUT2D eigenvalue weighted by Gasteiger charge is -2.01. The Morgan fingerprint density at radius 2 is 2.06 bits per heavy atom. The summed E-state index contributed by atoms with van der Waals surface area (Å²) in [6.45, 7) is 2.20. The lowest BCUT2D eigenvalue weighted by Crippen LogP contribution is -2.03. The van der Waals surface area contributed by atoms with Gasteiger partial charge in [0.2, 0.25) is 0 Å². The van der Waals surface area contributed by atoms with Gasteiger partial charge in [0.1, 0.15) is 0 Å². The second-order valence-corrected chi connectivity index (χ2v) is 3.70. The van der Waals surface area contributed by atoms with Crippen molar-refractivity contribution in [1.82, 2.24) is 0 Å². The van der Waals surface area contributed by atoms with Gasteiger partial charge in [0.15, 0.2) is 0 Å². The van der Waals surface area contributed by atoms with E-state index in [1.165, 1.54) is 0 Å². The summed E-state index contributed by atoms with van der Waals surface area (Å²) >= 11 is 4.12. The van der Waals surface area contributed by atoms with E-state index >= 15 is 0 Å². The summed E-state index contributed by atoms with van der Waals surface area (Å²) in [7, 11) is 0. The Morgan fingerprint density at radius 3 is 2.62 bits per heavy atom. The van der Waals surface area contributed by atoms with E-state index in [9.17, 15) is 4.79 Å². The van der Waals surface area contributed by atoms with Crippen LogP contribution in [-0.4, -0.2) is 18.3 Å². The van der Waals surface area contributed by atoms with Crippen LogP contribution in [0.1, 0.15) is 29.3 Å². The van der Waals surface area contributed by atoms with Crippen LogP contribution in [-0.2, 0) is 4.74 Å². The number of thiol groups is 1. The molecule has 0 N–H and O–H groups in total. The molecule has 0 bridgehead atoms. The summed E-state index contributed by atoms with van der Waals surface area (Å²) in [5, 5.41) is 0. The molecule has 2 nitrogen and oxygen atoms in total. The first-order valence-electron chi connectivity index (χ1n) is 5.32. The Morgan fingerprint density at radius 1 is 1.38 bits per heavy atom. The maximum Gasteiger partial charge on any atom is 0.338 e. The zero-order valence-corrected chi connectivity index (χ0v) is 10.2. The fourth-order valence-corrected chi connectivity index (χ4v) is 1.39. The zero-order chi connectivity index (χ0) is 11.8. The van der Waals surface area contributed by atoms with Crippen LogP contribution in [0.3, 0.4) is 0 Å². The van der Waals surface area contributed by atoms with Gasteiger partial charge in [-0.3, -0.25) is 0 Å². The van der Waals surface area contributed by atoms with E-state index in [1.807, 2.05) is 18.2 Å². The lowest BCUT2D eigenvalue weighted by molar-refractivity contribution is 0.0526. The number of esters is 1. The molecule has 3 heteroatoms. The van der Waals surface area contributed by atoms with Gasteiger partial charge in [-0.05, 0) is 36.8 Å². The quantitative estimate of drug-likeness (QED) is 0.627. The van der Waals surface area contributed by atoms with Crippen LogP contribution in [0.2, 0.25) is 0 Å². The first-order chi connectivity index (χ1) is 7.77. The molecule has 0 aliphatic heterocycles. The van der Waals surface area contributed by atoms with Crippen LogP contribution in [0.15, 0.2) is 30.3 Å². The molecular formula is C13H16O2S. The number of carbonyl (C=O) groups is 1. The highest BCUT2D eigenvalue weighted by atomic mass is 32.1. The van der Waals surface area contributed by atoms with Crippen molar-refractivity contribution in [1.29, 1.82) is 0 Å². The van der Waals surface area contributed by atoms with E-state index in [0.717, 1.165) is 17.7 Å². The highest BCUT2D eigenvalue weighted by Crippen LogP contribution is 2.08. The number of carbonyl (C=O) groups excluding carboxylic acids is 1. The van der Waals surface area contributed by atoms with Gasteiger partial charge in [0.25, 0.3) is 0 Å². The number of ether oxygens (including phenoxy) is 1. The molecule has 1 rings (SSSR count). The van der Waals surface area contributed by atoms with Crippen molar-refractivity contribution < 1.29 is 9.53 Å². The minimum Gasteiger partial charge on any atom is -0.462 e. The molecule has 0 amide bonds. The maximum atomic E-state index is 11.4. The smallest absolute Gasteiger partial charge is 0.338 e. The Kier molecular flexibility index (Phi) is 5.72.